The van der Waals surface area contributed by atoms with Crippen LogP contribution in [0.15, 0.2) is 85.2 Å². The first kappa shape index (κ1) is 29.0. The molecule has 1 aromatic heterocycles. The standard InChI is InChI=1S/C31H40N6O3/c38-30(35-25-26-12-11-17-32-24-26)33-18-9-1-2-10-19-34-31(39)40-37-22-20-36(21-23-37)29(27-13-5-3-6-14-27)28-15-7-4-8-16-28/h3-8,11-17,24,29H,1-2,9-10,18-23,25H2,(H,34,39)(H2,33,35,38). The first-order valence-corrected chi connectivity index (χ1v) is 14.1. The van der Waals surface area contributed by atoms with Gasteiger partial charge in [-0.2, -0.15) is 0 Å². The molecule has 1 fully saturated rings. The van der Waals surface area contributed by atoms with Crippen LogP contribution in [0.1, 0.15) is 48.4 Å². The molecule has 9 heteroatoms. The molecule has 9 nitrogen and oxygen atoms in total. The number of hydrogen-bond acceptors (Lipinski definition) is 6. The summed E-state index contributed by atoms with van der Waals surface area (Å²) in [6, 6.07) is 24.9. The molecular weight excluding hydrogens is 504 g/mol. The van der Waals surface area contributed by atoms with Crippen LogP contribution >= 0.6 is 0 Å². The van der Waals surface area contributed by atoms with E-state index in [2.05, 4.69) is 74.4 Å². The molecule has 3 N–H and O–H groups in total. The van der Waals surface area contributed by atoms with Crippen LogP contribution in [0.4, 0.5) is 9.59 Å². The Bertz CT molecular complexity index is 1100. The van der Waals surface area contributed by atoms with E-state index in [1.54, 1.807) is 17.5 Å². The molecule has 0 atom stereocenters. The number of nitrogens with one attached hydrogen (secondary N) is 3. The van der Waals surface area contributed by atoms with E-state index in [9.17, 15) is 9.59 Å². The summed E-state index contributed by atoms with van der Waals surface area (Å²) in [4.78, 5) is 36.2. The highest BCUT2D eigenvalue weighted by atomic mass is 16.7. The van der Waals surface area contributed by atoms with Gasteiger partial charge in [0, 0.05) is 58.2 Å². The van der Waals surface area contributed by atoms with E-state index in [-0.39, 0.29) is 12.1 Å². The number of aromatic nitrogens is 1. The SMILES string of the molecule is O=C(NCCCCCCNC(=O)ON1CCN(C(c2ccccc2)c2ccccc2)CC1)NCc1cccnc1. The lowest BCUT2D eigenvalue weighted by molar-refractivity contribution is -0.125. The molecule has 4 rings (SSSR count). The third-order valence-electron chi connectivity index (χ3n) is 6.92. The Hall–Kier alpha value is -3.95. The summed E-state index contributed by atoms with van der Waals surface area (Å²) >= 11 is 0. The van der Waals surface area contributed by atoms with Crippen LogP contribution in [0.2, 0.25) is 0 Å². The number of amides is 3. The van der Waals surface area contributed by atoms with Crippen LogP contribution < -0.4 is 16.0 Å². The minimum absolute atomic E-state index is 0.176. The minimum atomic E-state index is -0.400. The number of carbonyl (C=O) groups excluding carboxylic acids is 2. The summed E-state index contributed by atoms with van der Waals surface area (Å²) < 4.78 is 0. The number of rotatable bonds is 13. The van der Waals surface area contributed by atoms with Gasteiger partial charge in [0.05, 0.1) is 6.04 Å². The third-order valence-corrected chi connectivity index (χ3v) is 6.92. The minimum Gasteiger partial charge on any atom is -0.351 e. The summed E-state index contributed by atoms with van der Waals surface area (Å²) in [6.07, 6.45) is 6.75. The fraction of sp³-hybridized carbons (Fsp3) is 0.387. The Kier molecular flexibility index (Phi) is 11.8. The molecule has 0 spiro atoms. The Morgan fingerprint density at radius 3 is 1.98 bits per heavy atom. The second-order valence-corrected chi connectivity index (χ2v) is 9.88. The molecule has 2 heterocycles. The van der Waals surface area contributed by atoms with Crippen LogP contribution in [0, 0.1) is 0 Å². The van der Waals surface area contributed by atoms with Crippen molar-refractivity contribution in [2.75, 3.05) is 39.3 Å². The van der Waals surface area contributed by atoms with Gasteiger partial charge in [0.25, 0.3) is 0 Å². The van der Waals surface area contributed by atoms with E-state index in [1.165, 1.54) is 11.1 Å². The first-order chi connectivity index (χ1) is 19.7. The van der Waals surface area contributed by atoms with Crippen LogP contribution in [-0.4, -0.2) is 66.3 Å². The maximum absolute atomic E-state index is 12.3. The molecule has 1 aliphatic heterocycles. The van der Waals surface area contributed by atoms with E-state index >= 15 is 0 Å². The largest absolute Gasteiger partial charge is 0.426 e. The van der Waals surface area contributed by atoms with Crippen molar-refractivity contribution in [3.05, 3.63) is 102 Å². The highest BCUT2D eigenvalue weighted by Crippen LogP contribution is 2.29. The number of piperazine rings is 1. The van der Waals surface area contributed by atoms with Gasteiger partial charge in [-0.25, -0.2) is 9.59 Å². The lowest BCUT2D eigenvalue weighted by atomic mass is 9.96. The summed E-state index contributed by atoms with van der Waals surface area (Å²) in [5, 5.41) is 10.3. The molecule has 1 saturated heterocycles. The molecular formula is C31H40N6O3. The Morgan fingerprint density at radius 1 is 0.750 bits per heavy atom. The average Bonchev–Trinajstić information content (AvgIpc) is 3.00. The summed E-state index contributed by atoms with van der Waals surface area (Å²) in [7, 11) is 0. The Morgan fingerprint density at radius 2 is 1.38 bits per heavy atom. The van der Waals surface area contributed by atoms with Crippen molar-refractivity contribution in [2.45, 2.75) is 38.3 Å². The van der Waals surface area contributed by atoms with Gasteiger partial charge in [0.1, 0.15) is 0 Å². The predicted molar refractivity (Wildman–Crippen MR) is 155 cm³/mol. The van der Waals surface area contributed by atoms with Gasteiger partial charge < -0.3 is 20.8 Å². The first-order valence-electron chi connectivity index (χ1n) is 14.1. The van der Waals surface area contributed by atoms with E-state index in [1.807, 2.05) is 24.3 Å². The lowest BCUT2D eigenvalue weighted by Crippen LogP contribution is -2.49. The zero-order valence-corrected chi connectivity index (χ0v) is 23.0. The van der Waals surface area contributed by atoms with Crippen LogP contribution in [-0.2, 0) is 11.4 Å². The quantitative estimate of drug-likeness (QED) is 0.274. The topological polar surface area (TPSA) is 98.8 Å². The van der Waals surface area contributed by atoms with Crippen molar-refractivity contribution in [3.63, 3.8) is 0 Å². The van der Waals surface area contributed by atoms with Gasteiger partial charge in [0.15, 0.2) is 0 Å². The maximum Gasteiger partial charge on any atom is 0.426 e. The van der Waals surface area contributed by atoms with E-state index in [4.69, 9.17) is 4.84 Å². The van der Waals surface area contributed by atoms with Crippen molar-refractivity contribution >= 4 is 12.1 Å². The van der Waals surface area contributed by atoms with Gasteiger partial charge in [-0.1, -0.05) is 79.6 Å². The average molecular weight is 545 g/mol. The molecule has 3 aromatic rings. The van der Waals surface area contributed by atoms with Crippen molar-refractivity contribution < 1.29 is 14.4 Å². The van der Waals surface area contributed by atoms with Gasteiger partial charge in [-0.15, -0.1) is 5.06 Å². The number of hydrogen-bond donors (Lipinski definition) is 3. The highest BCUT2D eigenvalue weighted by molar-refractivity contribution is 5.73. The lowest BCUT2D eigenvalue weighted by Gasteiger charge is -2.38. The Balaban J connectivity index is 1.05. The second kappa shape index (κ2) is 16.2. The van der Waals surface area contributed by atoms with Crippen molar-refractivity contribution in [2.24, 2.45) is 0 Å². The summed E-state index contributed by atoms with van der Waals surface area (Å²) in [5.41, 5.74) is 3.49. The maximum atomic E-state index is 12.3. The zero-order valence-electron chi connectivity index (χ0n) is 23.0. The molecule has 40 heavy (non-hydrogen) atoms. The fourth-order valence-corrected chi connectivity index (χ4v) is 4.83. The van der Waals surface area contributed by atoms with Crippen LogP contribution in [0.3, 0.4) is 0 Å². The van der Waals surface area contributed by atoms with E-state index < -0.39 is 6.09 Å². The van der Waals surface area contributed by atoms with E-state index in [0.29, 0.717) is 32.7 Å². The summed E-state index contributed by atoms with van der Waals surface area (Å²) in [5.74, 6) is 0. The monoisotopic (exact) mass is 544 g/mol. The molecule has 212 valence electrons. The highest BCUT2D eigenvalue weighted by Gasteiger charge is 2.27. The van der Waals surface area contributed by atoms with Gasteiger partial charge in [-0.3, -0.25) is 9.88 Å². The van der Waals surface area contributed by atoms with E-state index in [0.717, 1.165) is 44.3 Å². The number of carbonyl (C=O) groups is 2. The number of hydroxylamine groups is 2. The molecule has 2 aromatic carbocycles. The van der Waals surface area contributed by atoms with Crippen molar-refractivity contribution in [1.29, 1.82) is 0 Å². The third kappa shape index (κ3) is 9.66. The van der Waals surface area contributed by atoms with Crippen LogP contribution in [0.5, 0.6) is 0 Å². The summed E-state index contributed by atoms with van der Waals surface area (Å²) in [6.45, 7) is 4.57. The zero-order chi connectivity index (χ0) is 27.8. The number of nitrogens with zero attached hydrogens (tertiary/aromatic N) is 3. The molecule has 0 unspecified atom stereocenters. The number of unbranched alkanes of at least 4 members (excludes halogenated alkanes) is 3. The van der Waals surface area contributed by atoms with Gasteiger partial charge in [0.2, 0.25) is 0 Å². The van der Waals surface area contributed by atoms with Gasteiger partial charge in [-0.05, 0) is 35.6 Å². The molecule has 1 aliphatic rings. The van der Waals surface area contributed by atoms with Gasteiger partial charge >= 0.3 is 12.1 Å². The molecule has 0 aliphatic carbocycles. The molecule has 0 saturated carbocycles. The normalized spacial score (nSPS) is 14.0. The number of urea groups is 1. The predicted octanol–water partition coefficient (Wildman–Crippen LogP) is 4.49. The second-order valence-electron chi connectivity index (χ2n) is 9.88. The Labute approximate surface area is 236 Å². The molecule has 3 amide bonds. The molecule has 0 radical (unpaired) electrons. The number of benzene rings is 2. The van der Waals surface area contributed by atoms with Crippen LogP contribution in [0.25, 0.3) is 0 Å². The fourth-order valence-electron chi connectivity index (χ4n) is 4.83. The molecule has 0 bridgehead atoms. The smallest absolute Gasteiger partial charge is 0.351 e. The van der Waals surface area contributed by atoms with Crippen molar-refractivity contribution in [3.8, 4) is 0 Å². The number of pyridine rings is 1. The van der Waals surface area contributed by atoms with Crippen molar-refractivity contribution in [1.82, 2.24) is 30.9 Å².